The van der Waals surface area contributed by atoms with Crippen LogP contribution in [0.4, 0.5) is 35.9 Å². The topological polar surface area (TPSA) is 257 Å². The van der Waals surface area contributed by atoms with E-state index < -0.39 is 58.5 Å². The number of aromatic nitrogens is 6. The van der Waals surface area contributed by atoms with Crippen molar-refractivity contribution in [2.75, 3.05) is 92.1 Å². The highest BCUT2D eigenvalue weighted by Crippen LogP contribution is 2.32. The van der Waals surface area contributed by atoms with Crippen molar-refractivity contribution in [3.8, 4) is 33.9 Å². The maximum Gasteiger partial charge on any atom is 0.424 e. The van der Waals surface area contributed by atoms with E-state index in [0.717, 1.165) is 27.3 Å². The molecule has 0 fully saturated rings. The Kier molecular flexibility index (Phi) is 22.8. The molecule has 0 saturated heterocycles. The number of aryl methyl sites for hydroxylation is 2. The Morgan fingerprint density at radius 1 is 0.537 bits per heavy atom. The van der Waals surface area contributed by atoms with Gasteiger partial charge in [-0.2, -0.15) is 36.5 Å². The van der Waals surface area contributed by atoms with Crippen LogP contribution in [0.15, 0.2) is 82.6 Å². The Morgan fingerprint density at radius 2 is 0.963 bits per heavy atom. The van der Waals surface area contributed by atoms with Crippen molar-refractivity contribution in [1.82, 2.24) is 60.6 Å². The largest absolute Gasteiger partial charge is 0.424 e. The second kappa shape index (κ2) is 29.8. The molecular weight excluding hydrogens is 1090 g/mol. The lowest BCUT2D eigenvalue weighted by Crippen LogP contribution is -2.39. The first-order chi connectivity index (χ1) is 39.2. The number of alkyl halides is 6. The molecule has 22 nitrogen and oxygen atoms in total. The van der Waals surface area contributed by atoms with Crippen molar-refractivity contribution >= 4 is 23.9 Å². The Labute approximate surface area is 466 Å². The molecule has 4 heterocycles. The van der Waals surface area contributed by atoms with Crippen LogP contribution in [0.2, 0.25) is 0 Å². The lowest BCUT2D eigenvalue weighted by molar-refractivity contribution is -0.138. The van der Waals surface area contributed by atoms with Gasteiger partial charge in [-0.05, 0) is 75.2 Å². The third-order valence-corrected chi connectivity index (χ3v) is 12.3. The molecule has 6 rings (SSSR count). The quantitative estimate of drug-likeness (QED) is 0.0277. The minimum absolute atomic E-state index is 0.00185. The third kappa shape index (κ3) is 17.5. The number of rotatable bonds is 29. The molecule has 0 unspecified atom stereocenters. The number of amides is 6. The molecule has 0 aliphatic rings. The minimum Gasteiger partial charge on any atom is -0.377 e. The number of nitrogens with one attached hydrogen (secondary N) is 6. The molecule has 28 heteroatoms. The summed E-state index contributed by atoms with van der Waals surface area (Å²) in [5.74, 6) is -1.51. The van der Waals surface area contributed by atoms with E-state index in [0.29, 0.717) is 54.1 Å². The van der Waals surface area contributed by atoms with Gasteiger partial charge in [0.1, 0.15) is 16.7 Å². The van der Waals surface area contributed by atoms with Crippen molar-refractivity contribution in [2.24, 2.45) is 14.1 Å². The molecule has 4 aromatic heterocycles. The molecule has 440 valence electrons. The fraction of sp³-hybridized carbons (Fsp3) is 0.407. The normalized spacial score (nSPS) is 11.5. The van der Waals surface area contributed by atoms with Crippen LogP contribution >= 0.6 is 0 Å². The zero-order valence-corrected chi connectivity index (χ0v) is 45.3. The number of halogens is 6. The molecule has 6 aromatic rings. The van der Waals surface area contributed by atoms with Crippen LogP contribution in [-0.4, -0.2) is 145 Å². The first kappa shape index (κ1) is 62.7. The minimum atomic E-state index is -4.74. The number of pyridine rings is 2. The zero-order chi connectivity index (χ0) is 59.4. The molecule has 82 heavy (non-hydrogen) atoms. The molecule has 6 N–H and O–H groups in total. The van der Waals surface area contributed by atoms with E-state index in [-0.39, 0.29) is 107 Å². The summed E-state index contributed by atoms with van der Waals surface area (Å²) < 4.78 is 108. The van der Waals surface area contributed by atoms with E-state index in [1.807, 2.05) is 6.07 Å². The van der Waals surface area contributed by atoms with Crippen molar-refractivity contribution in [3.63, 3.8) is 0 Å². The zero-order valence-electron chi connectivity index (χ0n) is 45.3. The van der Waals surface area contributed by atoms with Crippen LogP contribution in [0.5, 0.6) is 0 Å². The Hall–Kier alpha value is -8.52. The van der Waals surface area contributed by atoms with Gasteiger partial charge in [0.05, 0.1) is 75.5 Å². The van der Waals surface area contributed by atoms with Crippen LogP contribution < -0.4 is 43.0 Å². The van der Waals surface area contributed by atoms with Gasteiger partial charge >= 0.3 is 24.4 Å². The molecule has 0 aliphatic heterocycles. The number of ether oxygens (including phenoxy) is 4. The predicted octanol–water partition coefficient (Wildman–Crippen LogP) is 4.65. The van der Waals surface area contributed by atoms with Gasteiger partial charge in [-0.25, -0.2) is 9.59 Å². The number of hydrogen-bond acceptors (Lipinski definition) is 12. The number of benzene rings is 1. The highest BCUT2D eigenvalue weighted by molar-refractivity contribution is 5.96. The summed E-state index contributed by atoms with van der Waals surface area (Å²) in [5, 5.41) is 24.2. The molecule has 0 saturated carbocycles. The summed E-state index contributed by atoms with van der Waals surface area (Å²) in [5.41, 5.74) is -2.08. The molecule has 0 bridgehead atoms. The summed E-state index contributed by atoms with van der Waals surface area (Å²) >= 11 is 0. The molecule has 0 atom stereocenters. The third-order valence-electron chi connectivity index (χ3n) is 12.3. The van der Waals surface area contributed by atoms with E-state index >= 15 is 0 Å². The second-order valence-electron chi connectivity index (χ2n) is 18.1. The van der Waals surface area contributed by atoms with Gasteiger partial charge in [0.25, 0.3) is 22.9 Å². The Bertz CT molecular complexity index is 3050. The summed E-state index contributed by atoms with van der Waals surface area (Å²) in [6, 6.07) is 15.8. The van der Waals surface area contributed by atoms with Crippen LogP contribution in [0.25, 0.3) is 33.9 Å². The molecule has 2 aromatic carbocycles. The van der Waals surface area contributed by atoms with Gasteiger partial charge in [0, 0.05) is 100 Å². The van der Waals surface area contributed by atoms with Crippen molar-refractivity contribution in [2.45, 2.75) is 39.0 Å². The van der Waals surface area contributed by atoms with E-state index in [2.05, 4.69) is 48.2 Å². The fourth-order valence-electron chi connectivity index (χ4n) is 8.23. The van der Waals surface area contributed by atoms with Crippen molar-refractivity contribution in [3.05, 3.63) is 140 Å². The number of nitrogens with zero attached hydrogens (tertiary/aromatic N) is 6. The number of carbonyl (C=O) groups excluding carboxylic acids is 4. The highest BCUT2D eigenvalue weighted by Gasteiger charge is 2.33. The Balaban J connectivity index is 0.760. The SMILES string of the molecule is Cc1c(-c2ccnn2C)cc(C(=O)NCCOCCOCCNC(=O)NCCCCNC(=O)NCCOCCOCCNC(=O)c2cc(-c3ccnn3C)c(C)n(-c3cccc(C(F)(F)F)c3)c2=O)c(=O)n1-c1cc#cc(C(F)(F)F)c1. The fourth-order valence-corrected chi connectivity index (χ4v) is 8.23. The summed E-state index contributed by atoms with van der Waals surface area (Å²) in [6.07, 6.45) is -5.20. The standard InChI is InChI=1S/C54H62F6N12O10/c1-35-41(45-13-17-67-69(45)3)33-43(49(75)71(35)39-11-7-9-37(31-39)53(55,56)57)47(73)61-19-23-79-27-29-81-25-21-65-51(77)63-15-5-6-16-64-52(78)66-22-26-82-30-28-80-24-20-62-48(74)44-34-42(46-14-18-68-70(46)4)36(2)72(50(44)76)40-12-8-10-38(32-40)54(58,59)60/h7,9,11-14,17-18,31-34H,5-6,15-16,19-30H2,1-4H3,(H,61,73)(H,62,74)(H2,63,65,77)(H2,64,66,78). The van der Waals surface area contributed by atoms with Crippen LogP contribution in [0.3, 0.4) is 0 Å². The van der Waals surface area contributed by atoms with Crippen LogP contribution in [-0.2, 0) is 45.4 Å². The first-order valence-corrected chi connectivity index (χ1v) is 25.8. The van der Waals surface area contributed by atoms with Gasteiger partial charge in [-0.1, -0.05) is 18.2 Å². The van der Waals surface area contributed by atoms with Gasteiger partial charge in [-0.3, -0.25) is 37.7 Å². The lowest BCUT2D eigenvalue weighted by atomic mass is 10.1. The van der Waals surface area contributed by atoms with Gasteiger partial charge < -0.3 is 50.8 Å². The molecule has 0 aliphatic carbocycles. The number of hydrogen-bond donors (Lipinski definition) is 6. The van der Waals surface area contributed by atoms with Gasteiger partial charge in [-0.15, -0.1) is 0 Å². The molecule has 0 spiro atoms. The summed E-state index contributed by atoms with van der Waals surface area (Å²) in [7, 11) is 3.30. The van der Waals surface area contributed by atoms with Gasteiger partial charge in [0.2, 0.25) is 0 Å². The van der Waals surface area contributed by atoms with E-state index in [9.17, 15) is 55.1 Å². The highest BCUT2D eigenvalue weighted by atomic mass is 19.4. The van der Waals surface area contributed by atoms with Crippen LogP contribution in [0.1, 0.15) is 56.1 Å². The van der Waals surface area contributed by atoms with E-state index in [1.54, 1.807) is 40.1 Å². The molecular formula is C54H62F6N12O10. The number of unbranched alkanes of at least 4 members (excludes halogenated alkanes) is 1. The lowest BCUT2D eigenvalue weighted by Gasteiger charge is -2.18. The van der Waals surface area contributed by atoms with E-state index in [4.69, 9.17) is 18.9 Å². The first-order valence-electron chi connectivity index (χ1n) is 25.8. The predicted molar refractivity (Wildman–Crippen MR) is 286 cm³/mol. The summed E-state index contributed by atoms with van der Waals surface area (Å²) in [4.78, 5) is 78.1. The maximum absolute atomic E-state index is 13.7. The van der Waals surface area contributed by atoms with Crippen LogP contribution in [0, 0.1) is 26.0 Å². The molecule has 0 radical (unpaired) electrons. The second-order valence-corrected chi connectivity index (χ2v) is 18.1. The average molecular weight is 1150 g/mol. The number of carbonyl (C=O) groups is 4. The molecule has 6 amide bonds. The number of urea groups is 2. The average Bonchev–Trinajstić information content (AvgIpc) is 3.95. The van der Waals surface area contributed by atoms with Gasteiger partial charge in [0.15, 0.2) is 0 Å². The monoisotopic (exact) mass is 1150 g/mol. The Morgan fingerprint density at radius 3 is 1.38 bits per heavy atom. The maximum atomic E-state index is 13.7. The van der Waals surface area contributed by atoms with Crippen molar-refractivity contribution < 1.29 is 64.5 Å². The van der Waals surface area contributed by atoms with Crippen molar-refractivity contribution in [1.29, 1.82) is 0 Å². The summed E-state index contributed by atoms with van der Waals surface area (Å²) in [6.45, 7) is 5.44. The van der Waals surface area contributed by atoms with E-state index in [1.165, 1.54) is 52.1 Å². The smallest absolute Gasteiger partial charge is 0.377 e.